The highest BCUT2D eigenvalue weighted by molar-refractivity contribution is 6.30. The van der Waals surface area contributed by atoms with Crippen LogP contribution in [0.15, 0.2) is 60.9 Å². The van der Waals surface area contributed by atoms with Gasteiger partial charge in [-0.2, -0.15) is 0 Å². The molecular formula is C18H16ClN3O. The summed E-state index contributed by atoms with van der Waals surface area (Å²) >= 11 is 5.83. The molecule has 1 aromatic heterocycles. The Morgan fingerprint density at radius 1 is 1.13 bits per heavy atom. The smallest absolute Gasteiger partial charge is 0.255 e. The lowest BCUT2D eigenvalue weighted by Crippen LogP contribution is -2.12. The third kappa shape index (κ3) is 3.79. The van der Waals surface area contributed by atoms with Crippen molar-refractivity contribution in [1.29, 1.82) is 0 Å². The molecule has 0 aliphatic heterocycles. The first kappa shape index (κ1) is 15.3. The van der Waals surface area contributed by atoms with E-state index >= 15 is 0 Å². The molecule has 0 saturated carbocycles. The van der Waals surface area contributed by atoms with Gasteiger partial charge in [-0.3, -0.25) is 4.79 Å². The van der Waals surface area contributed by atoms with Gasteiger partial charge in [0.25, 0.3) is 5.91 Å². The number of nitrogens with one attached hydrogen (secondary N) is 1. The highest BCUT2D eigenvalue weighted by Gasteiger charge is 2.06. The number of hydrogen-bond donors (Lipinski definition) is 1. The predicted molar refractivity (Wildman–Crippen MR) is 91.9 cm³/mol. The average molecular weight is 326 g/mol. The number of aromatic nitrogens is 2. The maximum absolute atomic E-state index is 12.2. The van der Waals surface area contributed by atoms with Crippen molar-refractivity contribution in [2.45, 2.75) is 13.5 Å². The zero-order valence-corrected chi connectivity index (χ0v) is 13.4. The number of rotatable bonds is 4. The Morgan fingerprint density at radius 2 is 1.83 bits per heavy atom. The van der Waals surface area contributed by atoms with Gasteiger partial charge in [0.05, 0.1) is 0 Å². The van der Waals surface area contributed by atoms with Crippen LogP contribution in [0.5, 0.6) is 0 Å². The molecule has 0 aliphatic carbocycles. The summed E-state index contributed by atoms with van der Waals surface area (Å²) < 4.78 is 2.06. The fraction of sp³-hybridized carbons (Fsp3) is 0.111. The first-order valence-electron chi connectivity index (χ1n) is 7.25. The minimum absolute atomic E-state index is 0.141. The van der Waals surface area contributed by atoms with Gasteiger partial charge in [0.2, 0.25) is 0 Å². The van der Waals surface area contributed by atoms with Gasteiger partial charge in [-0.05, 0) is 48.9 Å². The van der Waals surface area contributed by atoms with E-state index in [1.165, 1.54) is 0 Å². The molecule has 0 bridgehead atoms. The van der Waals surface area contributed by atoms with Gasteiger partial charge in [0.1, 0.15) is 5.82 Å². The van der Waals surface area contributed by atoms with Crippen LogP contribution >= 0.6 is 11.6 Å². The zero-order valence-electron chi connectivity index (χ0n) is 12.7. The minimum Gasteiger partial charge on any atom is -0.331 e. The molecular weight excluding hydrogens is 310 g/mol. The van der Waals surface area contributed by atoms with Crippen LogP contribution in [0.1, 0.15) is 21.7 Å². The van der Waals surface area contributed by atoms with Crippen LogP contribution in [0.25, 0.3) is 0 Å². The largest absolute Gasteiger partial charge is 0.331 e. The standard InChI is InChI=1S/C18H16ClN3O/c1-13-20-10-11-22(13)12-14-2-4-15(5-3-14)18(23)21-17-8-6-16(19)7-9-17/h2-11H,12H2,1H3,(H,21,23). The van der Waals surface area contributed by atoms with Gasteiger partial charge in [-0.25, -0.2) is 4.98 Å². The summed E-state index contributed by atoms with van der Waals surface area (Å²) in [4.78, 5) is 16.4. The van der Waals surface area contributed by atoms with Crippen LogP contribution in [0.4, 0.5) is 5.69 Å². The van der Waals surface area contributed by atoms with Crippen LogP contribution in [-0.4, -0.2) is 15.5 Å². The Kier molecular flexibility index (Phi) is 4.44. The van der Waals surface area contributed by atoms with Crippen LogP contribution in [0, 0.1) is 6.92 Å². The van der Waals surface area contributed by atoms with Crippen molar-refractivity contribution >= 4 is 23.2 Å². The molecule has 1 heterocycles. The molecule has 4 nitrogen and oxygen atoms in total. The Morgan fingerprint density at radius 3 is 2.43 bits per heavy atom. The highest BCUT2D eigenvalue weighted by atomic mass is 35.5. The van der Waals surface area contributed by atoms with E-state index in [-0.39, 0.29) is 5.91 Å². The van der Waals surface area contributed by atoms with Gasteiger partial charge in [0.15, 0.2) is 0 Å². The quantitative estimate of drug-likeness (QED) is 0.783. The number of halogens is 1. The summed E-state index contributed by atoms with van der Waals surface area (Å²) in [5.41, 5.74) is 2.46. The maximum atomic E-state index is 12.2. The number of imidazole rings is 1. The highest BCUT2D eigenvalue weighted by Crippen LogP contribution is 2.15. The van der Waals surface area contributed by atoms with Crippen LogP contribution in [0.2, 0.25) is 5.02 Å². The number of aryl methyl sites for hydroxylation is 1. The molecule has 0 fully saturated rings. The summed E-state index contributed by atoms with van der Waals surface area (Å²) in [5, 5.41) is 3.49. The Balaban J connectivity index is 1.67. The maximum Gasteiger partial charge on any atom is 0.255 e. The topological polar surface area (TPSA) is 46.9 Å². The summed E-state index contributed by atoms with van der Waals surface area (Å²) in [7, 11) is 0. The Bertz CT molecular complexity index is 807. The molecule has 116 valence electrons. The van der Waals surface area contributed by atoms with E-state index in [2.05, 4.69) is 14.9 Å². The van der Waals surface area contributed by atoms with Crippen molar-refractivity contribution < 1.29 is 4.79 Å². The van der Waals surface area contributed by atoms with Crippen molar-refractivity contribution in [3.05, 3.63) is 82.9 Å². The molecule has 2 aromatic carbocycles. The summed E-state index contributed by atoms with van der Waals surface area (Å²) in [6, 6.07) is 14.6. The number of amides is 1. The molecule has 3 aromatic rings. The van der Waals surface area contributed by atoms with Gasteiger partial charge in [0, 0.05) is 35.2 Å². The number of benzene rings is 2. The molecule has 0 unspecified atom stereocenters. The lowest BCUT2D eigenvalue weighted by atomic mass is 10.1. The van der Waals surface area contributed by atoms with Crippen LogP contribution in [-0.2, 0) is 6.54 Å². The first-order valence-corrected chi connectivity index (χ1v) is 7.63. The van der Waals surface area contributed by atoms with E-state index in [1.54, 1.807) is 30.5 Å². The van der Waals surface area contributed by atoms with Gasteiger partial charge in [-0.15, -0.1) is 0 Å². The van der Waals surface area contributed by atoms with Crippen molar-refractivity contribution in [3.63, 3.8) is 0 Å². The average Bonchev–Trinajstić information content (AvgIpc) is 2.95. The Labute approximate surface area is 139 Å². The fourth-order valence-electron chi connectivity index (χ4n) is 2.27. The fourth-order valence-corrected chi connectivity index (χ4v) is 2.39. The molecule has 5 heteroatoms. The monoisotopic (exact) mass is 325 g/mol. The number of anilines is 1. The van der Waals surface area contributed by atoms with Gasteiger partial charge >= 0.3 is 0 Å². The Hall–Kier alpha value is -2.59. The number of carbonyl (C=O) groups excluding carboxylic acids is 1. The first-order chi connectivity index (χ1) is 11.1. The molecule has 23 heavy (non-hydrogen) atoms. The van der Waals surface area contributed by atoms with Crippen molar-refractivity contribution in [1.82, 2.24) is 9.55 Å². The molecule has 0 radical (unpaired) electrons. The second kappa shape index (κ2) is 6.67. The van der Waals surface area contributed by atoms with E-state index in [0.717, 1.165) is 23.6 Å². The molecule has 0 aliphatic rings. The molecule has 1 N–H and O–H groups in total. The molecule has 3 rings (SSSR count). The van der Waals surface area contributed by atoms with E-state index in [4.69, 9.17) is 11.6 Å². The zero-order chi connectivity index (χ0) is 16.2. The van der Waals surface area contributed by atoms with E-state index in [1.807, 2.05) is 37.4 Å². The van der Waals surface area contributed by atoms with Crippen molar-refractivity contribution in [3.8, 4) is 0 Å². The second-order valence-corrected chi connectivity index (χ2v) is 5.70. The molecule has 0 atom stereocenters. The summed E-state index contributed by atoms with van der Waals surface area (Å²) in [6.07, 6.45) is 3.72. The summed E-state index contributed by atoms with van der Waals surface area (Å²) in [6.45, 7) is 2.71. The lowest BCUT2D eigenvalue weighted by Gasteiger charge is -2.08. The van der Waals surface area contributed by atoms with E-state index in [0.29, 0.717) is 10.6 Å². The normalized spacial score (nSPS) is 10.5. The number of carbonyl (C=O) groups is 1. The van der Waals surface area contributed by atoms with E-state index in [9.17, 15) is 4.79 Å². The van der Waals surface area contributed by atoms with Crippen molar-refractivity contribution in [2.75, 3.05) is 5.32 Å². The van der Waals surface area contributed by atoms with Crippen LogP contribution < -0.4 is 5.32 Å². The summed E-state index contributed by atoms with van der Waals surface area (Å²) in [5.74, 6) is 0.826. The molecule has 0 spiro atoms. The predicted octanol–water partition coefficient (Wildman–Crippen LogP) is 4.15. The molecule has 0 saturated heterocycles. The lowest BCUT2D eigenvalue weighted by molar-refractivity contribution is 0.102. The number of nitrogens with zero attached hydrogens (tertiary/aromatic N) is 2. The molecule has 1 amide bonds. The second-order valence-electron chi connectivity index (χ2n) is 5.26. The van der Waals surface area contributed by atoms with Crippen molar-refractivity contribution in [2.24, 2.45) is 0 Å². The van der Waals surface area contributed by atoms with Crippen LogP contribution in [0.3, 0.4) is 0 Å². The number of hydrogen-bond acceptors (Lipinski definition) is 2. The minimum atomic E-state index is -0.141. The van der Waals surface area contributed by atoms with Gasteiger partial charge in [-0.1, -0.05) is 23.7 Å². The third-order valence-corrected chi connectivity index (χ3v) is 3.85. The third-order valence-electron chi connectivity index (χ3n) is 3.59. The van der Waals surface area contributed by atoms with E-state index < -0.39 is 0 Å². The SMILES string of the molecule is Cc1nccn1Cc1ccc(C(=O)Nc2ccc(Cl)cc2)cc1. The van der Waals surface area contributed by atoms with Gasteiger partial charge < -0.3 is 9.88 Å².